The van der Waals surface area contributed by atoms with E-state index in [-0.39, 0.29) is 41.5 Å². The predicted molar refractivity (Wildman–Crippen MR) is 168 cm³/mol. The molecule has 3 unspecified atom stereocenters. The molecule has 3 amide bonds. The number of anilines is 1. The standard InChI is InChI=1S/C34H41N3O4S/c1-6-18-35(22(3)4)33(41)30-34-23(5)20-27(42-34)28(31(39)36(19-7-2)25-16-12-9-13-17-25)29(34)32(40)37(30)26(21-38)24-14-10-8-11-15-24/h6-17,22-23,26-30,38H,1-2,18-21H2,3-5H3/t23?,26-,27-,28+,29+,30?,34?/m1/s1. The fourth-order valence-corrected chi connectivity index (χ4v) is 9.87. The Morgan fingerprint density at radius 1 is 1.05 bits per heavy atom. The fourth-order valence-electron chi connectivity index (χ4n) is 7.48. The zero-order valence-electron chi connectivity index (χ0n) is 24.6. The highest BCUT2D eigenvalue weighted by molar-refractivity contribution is 8.02. The van der Waals surface area contributed by atoms with Crippen molar-refractivity contribution in [3.05, 3.63) is 91.5 Å². The van der Waals surface area contributed by atoms with Crippen molar-refractivity contribution in [3.63, 3.8) is 0 Å². The molecule has 3 fully saturated rings. The smallest absolute Gasteiger partial charge is 0.247 e. The summed E-state index contributed by atoms with van der Waals surface area (Å²) in [5, 5.41) is 10.7. The highest BCUT2D eigenvalue weighted by Gasteiger charge is 2.77. The molecule has 42 heavy (non-hydrogen) atoms. The highest BCUT2D eigenvalue weighted by Crippen LogP contribution is 2.69. The van der Waals surface area contributed by atoms with Crippen LogP contribution in [0.4, 0.5) is 5.69 Å². The molecule has 3 saturated heterocycles. The molecule has 8 heteroatoms. The molecule has 1 spiro atoms. The van der Waals surface area contributed by atoms with Crippen LogP contribution in [0.2, 0.25) is 0 Å². The lowest BCUT2D eigenvalue weighted by Crippen LogP contribution is -2.59. The minimum Gasteiger partial charge on any atom is -0.394 e. The number of rotatable bonds is 11. The average Bonchev–Trinajstić information content (AvgIpc) is 3.59. The molecule has 0 saturated carbocycles. The Morgan fingerprint density at radius 3 is 2.24 bits per heavy atom. The van der Waals surface area contributed by atoms with Gasteiger partial charge in [0.05, 0.1) is 29.2 Å². The van der Waals surface area contributed by atoms with E-state index in [0.717, 1.165) is 17.7 Å². The highest BCUT2D eigenvalue weighted by atomic mass is 32.2. The molecule has 0 radical (unpaired) electrons. The number of thioether (sulfide) groups is 1. The molecular weight excluding hydrogens is 546 g/mol. The Bertz CT molecular complexity index is 1330. The lowest BCUT2D eigenvalue weighted by atomic mass is 9.65. The zero-order valence-corrected chi connectivity index (χ0v) is 25.5. The normalized spacial score (nSPS) is 28.5. The molecule has 3 aliphatic heterocycles. The van der Waals surface area contributed by atoms with E-state index in [0.29, 0.717) is 13.1 Å². The zero-order chi connectivity index (χ0) is 30.2. The molecule has 7 nitrogen and oxygen atoms in total. The number of amides is 3. The summed E-state index contributed by atoms with van der Waals surface area (Å²) >= 11 is 1.65. The van der Waals surface area contributed by atoms with Crippen LogP contribution in [-0.2, 0) is 14.4 Å². The number of carbonyl (C=O) groups excluding carboxylic acids is 3. The summed E-state index contributed by atoms with van der Waals surface area (Å²) in [5.41, 5.74) is 1.51. The van der Waals surface area contributed by atoms with Gasteiger partial charge >= 0.3 is 0 Å². The third kappa shape index (κ3) is 4.69. The second kappa shape index (κ2) is 12.1. The summed E-state index contributed by atoms with van der Waals surface area (Å²) in [6.07, 6.45) is 4.14. The maximum absolute atomic E-state index is 14.8. The quantitative estimate of drug-likeness (QED) is 0.386. The van der Waals surface area contributed by atoms with E-state index in [9.17, 15) is 19.5 Å². The van der Waals surface area contributed by atoms with E-state index in [2.05, 4.69) is 20.1 Å². The van der Waals surface area contributed by atoms with Gasteiger partial charge in [-0.05, 0) is 43.9 Å². The molecule has 222 valence electrons. The first-order chi connectivity index (χ1) is 20.2. The van der Waals surface area contributed by atoms with Crippen LogP contribution in [0, 0.1) is 17.8 Å². The lowest BCUT2D eigenvalue weighted by Gasteiger charge is -2.43. The molecule has 3 heterocycles. The molecule has 0 aromatic heterocycles. The molecule has 3 aliphatic rings. The number of likely N-dealkylation sites (tertiary alicyclic amines) is 1. The van der Waals surface area contributed by atoms with Gasteiger partial charge in [0.15, 0.2) is 0 Å². The monoisotopic (exact) mass is 587 g/mol. The van der Waals surface area contributed by atoms with Crippen molar-refractivity contribution < 1.29 is 19.5 Å². The molecule has 2 bridgehead atoms. The van der Waals surface area contributed by atoms with E-state index < -0.39 is 28.7 Å². The Morgan fingerprint density at radius 2 is 1.67 bits per heavy atom. The summed E-state index contributed by atoms with van der Waals surface area (Å²) in [7, 11) is 0. The Labute approximate surface area is 253 Å². The number of aliphatic hydroxyl groups is 1. The van der Waals surface area contributed by atoms with Crippen molar-refractivity contribution in [1.29, 1.82) is 0 Å². The van der Waals surface area contributed by atoms with Gasteiger partial charge in [0.25, 0.3) is 0 Å². The molecule has 2 aromatic carbocycles. The van der Waals surface area contributed by atoms with Gasteiger partial charge in [0, 0.05) is 30.1 Å². The Kier molecular flexibility index (Phi) is 8.67. The third-order valence-electron chi connectivity index (χ3n) is 9.27. The number of hydrogen-bond acceptors (Lipinski definition) is 5. The number of nitrogens with zero attached hydrogens (tertiary/aromatic N) is 3. The maximum Gasteiger partial charge on any atom is 0.247 e. The van der Waals surface area contributed by atoms with Crippen LogP contribution < -0.4 is 4.90 Å². The summed E-state index contributed by atoms with van der Waals surface area (Å²) in [4.78, 5) is 49.1. The van der Waals surface area contributed by atoms with Crippen molar-refractivity contribution in [2.45, 2.75) is 55.3 Å². The van der Waals surface area contributed by atoms with Crippen LogP contribution in [0.3, 0.4) is 0 Å². The first-order valence-corrected chi connectivity index (χ1v) is 15.6. The van der Waals surface area contributed by atoms with Crippen molar-refractivity contribution in [2.24, 2.45) is 17.8 Å². The summed E-state index contributed by atoms with van der Waals surface area (Å²) in [6.45, 7) is 14.1. The number of fused-ring (bicyclic) bond motifs is 1. The SMILES string of the molecule is C=CCN(C(=O)[C@@H]1[C@H]2C(=O)N([C@H](CO)c3ccccc3)C(C(=O)N(CC=C)C(C)C)C23S[C@@H]1CC3C)c1ccccc1. The van der Waals surface area contributed by atoms with E-state index in [1.807, 2.05) is 74.5 Å². The van der Waals surface area contributed by atoms with Crippen molar-refractivity contribution in [2.75, 3.05) is 24.6 Å². The van der Waals surface area contributed by atoms with E-state index in [1.54, 1.807) is 38.6 Å². The molecule has 2 aromatic rings. The van der Waals surface area contributed by atoms with Gasteiger partial charge in [-0.15, -0.1) is 24.9 Å². The van der Waals surface area contributed by atoms with Gasteiger partial charge in [-0.1, -0.05) is 67.6 Å². The maximum atomic E-state index is 14.8. The number of carbonyl (C=O) groups is 3. The number of benzene rings is 2. The molecular formula is C34H41N3O4S. The van der Waals surface area contributed by atoms with Gasteiger partial charge in [-0.25, -0.2) is 0 Å². The van der Waals surface area contributed by atoms with Gasteiger partial charge in [0.2, 0.25) is 17.7 Å². The van der Waals surface area contributed by atoms with Gasteiger partial charge in [-0.3, -0.25) is 14.4 Å². The number of hydrogen-bond donors (Lipinski definition) is 1. The molecule has 7 atom stereocenters. The van der Waals surface area contributed by atoms with Gasteiger partial charge in [-0.2, -0.15) is 0 Å². The number of aliphatic hydroxyl groups excluding tert-OH is 1. The minimum atomic E-state index is -0.831. The molecule has 1 N–H and O–H groups in total. The Balaban J connectivity index is 1.65. The first kappa shape index (κ1) is 30.1. The van der Waals surface area contributed by atoms with E-state index in [1.165, 1.54) is 0 Å². The average molecular weight is 588 g/mol. The van der Waals surface area contributed by atoms with Gasteiger partial charge < -0.3 is 19.8 Å². The van der Waals surface area contributed by atoms with Crippen LogP contribution in [0.1, 0.15) is 38.8 Å². The van der Waals surface area contributed by atoms with E-state index in [4.69, 9.17) is 0 Å². The largest absolute Gasteiger partial charge is 0.394 e. The number of para-hydroxylation sites is 1. The molecule has 0 aliphatic carbocycles. The molecule has 5 rings (SSSR count). The predicted octanol–water partition coefficient (Wildman–Crippen LogP) is 4.70. The van der Waals surface area contributed by atoms with Gasteiger partial charge in [0.1, 0.15) is 6.04 Å². The topological polar surface area (TPSA) is 81.2 Å². The van der Waals surface area contributed by atoms with E-state index >= 15 is 0 Å². The Hall–Kier alpha value is -3.36. The first-order valence-electron chi connectivity index (χ1n) is 14.8. The second-order valence-corrected chi connectivity index (χ2v) is 13.4. The third-order valence-corrected chi connectivity index (χ3v) is 11.3. The van der Waals surface area contributed by atoms with Crippen molar-refractivity contribution >= 4 is 35.2 Å². The second-order valence-electron chi connectivity index (χ2n) is 11.9. The summed E-state index contributed by atoms with van der Waals surface area (Å²) < 4.78 is -0.799. The lowest BCUT2D eigenvalue weighted by molar-refractivity contribution is -0.146. The fraction of sp³-hybridized carbons (Fsp3) is 0.441. The van der Waals surface area contributed by atoms with Crippen LogP contribution >= 0.6 is 11.8 Å². The van der Waals surface area contributed by atoms with Crippen LogP contribution in [0.5, 0.6) is 0 Å². The van der Waals surface area contributed by atoms with Crippen LogP contribution in [0.25, 0.3) is 0 Å². The van der Waals surface area contributed by atoms with Crippen molar-refractivity contribution in [3.8, 4) is 0 Å². The summed E-state index contributed by atoms with van der Waals surface area (Å²) in [5.74, 6) is -1.78. The minimum absolute atomic E-state index is 0.0156. The van der Waals surface area contributed by atoms with Crippen molar-refractivity contribution in [1.82, 2.24) is 9.80 Å². The summed E-state index contributed by atoms with van der Waals surface area (Å²) in [6, 6.07) is 17.2. The van der Waals surface area contributed by atoms with Crippen LogP contribution in [0.15, 0.2) is 86.0 Å². The van der Waals surface area contributed by atoms with Crippen LogP contribution in [-0.4, -0.2) is 74.4 Å².